The van der Waals surface area contributed by atoms with Gasteiger partial charge in [-0.2, -0.15) is 0 Å². The van der Waals surface area contributed by atoms with Crippen LogP contribution in [0.3, 0.4) is 0 Å². The molecule has 2 amide bonds. The lowest BCUT2D eigenvalue weighted by Gasteiger charge is -2.33. The Labute approximate surface area is 190 Å². The van der Waals surface area contributed by atoms with Crippen molar-refractivity contribution >= 4 is 23.1 Å². The maximum Gasteiger partial charge on any atom is 0.282 e. The van der Waals surface area contributed by atoms with E-state index in [2.05, 4.69) is 25.7 Å². The molecule has 0 aromatic heterocycles. The zero-order valence-electron chi connectivity index (χ0n) is 19.4. The minimum atomic E-state index is -0.260. The fourth-order valence-electron chi connectivity index (χ4n) is 4.45. The number of hydrogen-bond acceptors (Lipinski definition) is 4. The molecule has 2 aromatic carbocycles. The number of amides is 2. The Morgan fingerprint density at radius 1 is 1.06 bits per heavy atom. The number of anilines is 1. The van der Waals surface area contributed by atoms with Crippen LogP contribution in [0.15, 0.2) is 54.2 Å². The van der Waals surface area contributed by atoms with Crippen LogP contribution in [0.2, 0.25) is 0 Å². The lowest BCUT2D eigenvalue weighted by Crippen LogP contribution is -2.39. The van der Waals surface area contributed by atoms with Gasteiger partial charge in [-0.15, -0.1) is 0 Å². The van der Waals surface area contributed by atoms with E-state index in [1.807, 2.05) is 55.5 Å². The normalized spacial score (nSPS) is 19.3. The molecule has 0 radical (unpaired) electrons. The molecule has 1 fully saturated rings. The largest absolute Gasteiger partial charge is 0.493 e. The van der Waals surface area contributed by atoms with E-state index in [1.54, 1.807) is 0 Å². The molecular weight excluding hydrogens is 400 g/mol. The second-order valence-electron chi connectivity index (χ2n) is 9.43. The Morgan fingerprint density at radius 2 is 1.81 bits per heavy atom. The van der Waals surface area contributed by atoms with Gasteiger partial charge in [0.1, 0.15) is 11.4 Å². The quantitative estimate of drug-likeness (QED) is 0.600. The average Bonchev–Trinajstić information content (AvgIpc) is 3.02. The van der Waals surface area contributed by atoms with Crippen LogP contribution >= 0.6 is 0 Å². The molecule has 168 valence electrons. The van der Waals surface area contributed by atoms with Crippen LogP contribution in [0.5, 0.6) is 5.75 Å². The molecule has 0 aliphatic carbocycles. The van der Waals surface area contributed by atoms with E-state index in [0.29, 0.717) is 35.4 Å². The Hall–Kier alpha value is -3.08. The molecule has 1 saturated heterocycles. The van der Waals surface area contributed by atoms with Crippen LogP contribution in [0.25, 0.3) is 5.57 Å². The van der Waals surface area contributed by atoms with Crippen LogP contribution in [0.1, 0.15) is 44.7 Å². The summed E-state index contributed by atoms with van der Waals surface area (Å²) < 4.78 is 5.81. The first kappa shape index (κ1) is 22.1. The minimum Gasteiger partial charge on any atom is -0.493 e. The third-order valence-corrected chi connectivity index (χ3v) is 6.02. The second-order valence-corrected chi connectivity index (χ2v) is 9.43. The predicted molar refractivity (Wildman–Crippen MR) is 127 cm³/mol. The Kier molecular flexibility index (Phi) is 6.35. The summed E-state index contributed by atoms with van der Waals surface area (Å²) in [5, 5.41) is 0. The smallest absolute Gasteiger partial charge is 0.282 e. The van der Waals surface area contributed by atoms with Crippen LogP contribution in [-0.4, -0.2) is 36.4 Å². The average molecular weight is 433 g/mol. The SMILES string of the molecule is Cc1cccc(N2C(=O)C(c3ccc(OCC(C)C)cc3)=C(N3CCCC(C)C3)C2=O)c1. The number of rotatable bonds is 6. The Morgan fingerprint density at radius 3 is 2.47 bits per heavy atom. The van der Waals surface area contributed by atoms with Crippen molar-refractivity contribution in [2.75, 3.05) is 24.6 Å². The van der Waals surface area contributed by atoms with Crippen molar-refractivity contribution in [1.29, 1.82) is 0 Å². The van der Waals surface area contributed by atoms with Crippen molar-refractivity contribution in [3.8, 4) is 5.75 Å². The van der Waals surface area contributed by atoms with Gasteiger partial charge in [-0.25, -0.2) is 4.90 Å². The maximum atomic E-state index is 13.7. The third-order valence-electron chi connectivity index (χ3n) is 6.02. The summed E-state index contributed by atoms with van der Waals surface area (Å²) in [5.74, 6) is 1.19. The highest BCUT2D eigenvalue weighted by atomic mass is 16.5. The molecule has 0 spiro atoms. The Balaban J connectivity index is 1.74. The van der Waals surface area contributed by atoms with E-state index >= 15 is 0 Å². The van der Waals surface area contributed by atoms with Crippen molar-refractivity contribution in [1.82, 2.24) is 4.90 Å². The number of hydrogen-bond donors (Lipinski definition) is 0. The van der Waals surface area contributed by atoms with E-state index in [-0.39, 0.29) is 11.8 Å². The summed E-state index contributed by atoms with van der Waals surface area (Å²) in [5.41, 5.74) is 3.40. The van der Waals surface area contributed by atoms with Crippen molar-refractivity contribution in [2.45, 2.75) is 40.5 Å². The second kappa shape index (κ2) is 9.19. The zero-order chi connectivity index (χ0) is 22.8. The monoisotopic (exact) mass is 432 g/mol. The fraction of sp³-hybridized carbons (Fsp3) is 0.407. The zero-order valence-corrected chi connectivity index (χ0v) is 19.4. The molecule has 0 bridgehead atoms. The van der Waals surface area contributed by atoms with Crippen LogP contribution < -0.4 is 9.64 Å². The summed E-state index contributed by atoms with van der Waals surface area (Å²) >= 11 is 0. The lowest BCUT2D eigenvalue weighted by atomic mass is 9.97. The molecule has 5 nitrogen and oxygen atoms in total. The number of benzene rings is 2. The molecule has 0 saturated carbocycles. The standard InChI is InChI=1S/C27H32N2O3/c1-18(2)17-32-23-12-10-21(11-13-23)24-25(28-14-6-8-20(4)16-28)27(31)29(26(24)30)22-9-5-7-19(3)15-22/h5,7,9-13,15,18,20H,6,8,14,16-17H2,1-4H3. The molecule has 2 aliphatic rings. The molecular formula is C27H32N2O3. The number of piperidine rings is 1. The molecule has 4 rings (SSSR count). The van der Waals surface area contributed by atoms with Crippen molar-refractivity contribution < 1.29 is 14.3 Å². The predicted octanol–water partition coefficient (Wildman–Crippen LogP) is 5.05. The highest BCUT2D eigenvalue weighted by Gasteiger charge is 2.43. The number of imide groups is 1. The van der Waals surface area contributed by atoms with Crippen LogP contribution in [0, 0.1) is 18.8 Å². The Bertz CT molecular complexity index is 1040. The van der Waals surface area contributed by atoms with E-state index in [1.165, 1.54) is 4.90 Å². The summed E-state index contributed by atoms with van der Waals surface area (Å²) in [4.78, 5) is 30.7. The molecule has 1 unspecified atom stereocenters. The molecule has 32 heavy (non-hydrogen) atoms. The van der Waals surface area contributed by atoms with E-state index in [0.717, 1.165) is 42.8 Å². The van der Waals surface area contributed by atoms with Gasteiger partial charge < -0.3 is 9.64 Å². The summed E-state index contributed by atoms with van der Waals surface area (Å²) in [6.07, 6.45) is 2.16. The molecule has 5 heteroatoms. The van der Waals surface area contributed by atoms with Crippen molar-refractivity contribution in [2.24, 2.45) is 11.8 Å². The minimum absolute atomic E-state index is 0.232. The molecule has 0 N–H and O–H groups in total. The summed E-state index contributed by atoms with van der Waals surface area (Å²) in [7, 11) is 0. The van der Waals surface area contributed by atoms with Gasteiger partial charge in [-0.1, -0.05) is 45.0 Å². The fourth-order valence-corrected chi connectivity index (χ4v) is 4.45. The molecule has 1 atom stereocenters. The van der Waals surface area contributed by atoms with Gasteiger partial charge in [-0.05, 0) is 67.0 Å². The van der Waals surface area contributed by atoms with Gasteiger partial charge in [0.2, 0.25) is 0 Å². The van der Waals surface area contributed by atoms with Gasteiger partial charge in [-0.3, -0.25) is 9.59 Å². The van der Waals surface area contributed by atoms with Gasteiger partial charge in [0.05, 0.1) is 17.9 Å². The van der Waals surface area contributed by atoms with Gasteiger partial charge in [0, 0.05) is 13.1 Å². The molecule has 2 heterocycles. The van der Waals surface area contributed by atoms with Gasteiger partial charge >= 0.3 is 0 Å². The van der Waals surface area contributed by atoms with Crippen molar-refractivity contribution in [3.05, 3.63) is 65.4 Å². The van der Waals surface area contributed by atoms with E-state index in [4.69, 9.17) is 4.74 Å². The first-order valence-corrected chi connectivity index (χ1v) is 11.5. The number of carbonyl (C=O) groups is 2. The highest BCUT2D eigenvalue weighted by molar-refractivity contribution is 6.45. The van der Waals surface area contributed by atoms with E-state index < -0.39 is 0 Å². The van der Waals surface area contributed by atoms with Crippen molar-refractivity contribution in [3.63, 3.8) is 0 Å². The van der Waals surface area contributed by atoms with E-state index in [9.17, 15) is 9.59 Å². The number of aryl methyl sites for hydroxylation is 1. The van der Waals surface area contributed by atoms with Gasteiger partial charge in [0.15, 0.2) is 0 Å². The number of likely N-dealkylation sites (tertiary alicyclic amines) is 1. The molecule has 2 aromatic rings. The number of nitrogens with zero attached hydrogens (tertiary/aromatic N) is 2. The maximum absolute atomic E-state index is 13.7. The highest BCUT2D eigenvalue weighted by Crippen LogP contribution is 2.37. The topological polar surface area (TPSA) is 49.9 Å². The first-order chi connectivity index (χ1) is 15.3. The third kappa shape index (κ3) is 4.43. The lowest BCUT2D eigenvalue weighted by molar-refractivity contribution is -0.120. The number of carbonyl (C=O) groups excluding carboxylic acids is 2. The van der Waals surface area contributed by atoms with Crippen LogP contribution in [-0.2, 0) is 9.59 Å². The van der Waals surface area contributed by atoms with Crippen LogP contribution in [0.4, 0.5) is 5.69 Å². The first-order valence-electron chi connectivity index (χ1n) is 11.5. The summed E-state index contributed by atoms with van der Waals surface area (Å²) in [6.45, 7) is 10.6. The summed E-state index contributed by atoms with van der Waals surface area (Å²) in [6, 6.07) is 15.1. The van der Waals surface area contributed by atoms with Gasteiger partial charge in [0.25, 0.3) is 11.8 Å². The number of ether oxygens (including phenoxy) is 1. The molecule has 2 aliphatic heterocycles.